The van der Waals surface area contributed by atoms with Crippen LogP contribution in [0.2, 0.25) is 0 Å². The highest BCUT2D eigenvalue weighted by molar-refractivity contribution is 5.26. The van der Waals surface area contributed by atoms with Crippen LogP contribution in [0.3, 0.4) is 0 Å². The summed E-state index contributed by atoms with van der Waals surface area (Å²) in [5.74, 6) is -1.51. The highest BCUT2D eigenvalue weighted by Gasteiger charge is 2.08. The lowest BCUT2D eigenvalue weighted by molar-refractivity contribution is 0.496. The fourth-order valence-electron chi connectivity index (χ4n) is 0.999. The number of rotatable bonds is 2. The predicted octanol–water partition coefficient (Wildman–Crippen LogP) is 3.00. The van der Waals surface area contributed by atoms with E-state index in [1.807, 2.05) is 0 Å². The smallest absolute Gasteiger partial charge is 0.162 e. The summed E-state index contributed by atoms with van der Waals surface area (Å²) in [5, 5.41) is 0. The number of hydrogen-bond acceptors (Lipinski definition) is 0. The SMILES string of the molecule is C=CCc1ccc(C)c(F)c1F. The Hall–Kier alpha value is -1.18. The molecule has 0 nitrogen and oxygen atoms in total. The van der Waals surface area contributed by atoms with Crippen LogP contribution in [-0.2, 0) is 6.42 Å². The Labute approximate surface area is 70.5 Å². The Morgan fingerprint density at radius 1 is 1.33 bits per heavy atom. The van der Waals surface area contributed by atoms with Gasteiger partial charge in [-0.05, 0) is 24.5 Å². The molecule has 0 saturated heterocycles. The van der Waals surface area contributed by atoms with Crippen molar-refractivity contribution in [1.82, 2.24) is 0 Å². The van der Waals surface area contributed by atoms with Gasteiger partial charge in [0.05, 0.1) is 0 Å². The van der Waals surface area contributed by atoms with Gasteiger partial charge in [0.1, 0.15) is 0 Å². The summed E-state index contributed by atoms with van der Waals surface area (Å²) in [6.45, 7) is 5.00. The lowest BCUT2D eigenvalue weighted by Gasteiger charge is -2.02. The summed E-state index contributed by atoms with van der Waals surface area (Å²) in [6, 6.07) is 3.15. The van der Waals surface area contributed by atoms with E-state index in [0.29, 0.717) is 17.5 Å². The van der Waals surface area contributed by atoms with Crippen LogP contribution in [0.5, 0.6) is 0 Å². The highest BCUT2D eigenvalue weighted by Crippen LogP contribution is 2.15. The van der Waals surface area contributed by atoms with Gasteiger partial charge in [-0.25, -0.2) is 8.78 Å². The summed E-state index contributed by atoms with van der Waals surface area (Å²) in [6.07, 6.45) is 1.91. The molecule has 0 aliphatic carbocycles. The molecule has 0 aliphatic heterocycles. The summed E-state index contributed by atoms with van der Waals surface area (Å²) in [7, 11) is 0. The molecule has 0 aromatic heterocycles. The normalized spacial score (nSPS) is 9.92. The Kier molecular flexibility index (Phi) is 2.58. The summed E-state index contributed by atoms with van der Waals surface area (Å²) < 4.78 is 25.9. The first-order chi connectivity index (χ1) is 5.66. The molecule has 0 heterocycles. The Bertz CT molecular complexity index is 303. The molecular weight excluding hydrogens is 158 g/mol. The minimum Gasteiger partial charge on any atom is -0.203 e. The Balaban J connectivity index is 3.16. The monoisotopic (exact) mass is 168 g/mol. The molecular formula is C10H10F2. The van der Waals surface area contributed by atoms with Crippen LogP contribution in [0, 0.1) is 18.6 Å². The van der Waals surface area contributed by atoms with Crippen molar-refractivity contribution in [3.8, 4) is 0 Å². The predicted molar refractivity (Wildman–Crippen MR) is 45.0 cm³/mol. The third-order valence-corrected chi connectivity index (χ3v) is 1.72. The second-order valence-electron chi connectivity index (χ2n) is 2.66. The molecule has 1 rings (SSSR count). The molecule has 0 spiro atoms. The number of aryl methyl sites for hydroxylation is 1. The molecule has 2 heteroatoms. The fourth-order valence-corrected chi connectivity index (χ4v) is 0.999. The maximum Gasteiger partial charge on any atom is 0.162 e. The van der Waals surface area contributed by atoms with Gasteiger partial charge in [-0.15, -0.1) is 6.58 Å². The van der Waals surface area contributed by atoms with Gasteiger partial charge in [-0.3, -0.25) is 0 Å². The molecule has 0 saturated carbocycles. The van der Waals surface area contributed by atoms with E-state index in [0.717, 1.165) is 0 Å². The van der Waals surface area contributed by atoms with Gasteiger partial charge in [0.25, 0.3) is 0 Å². The summed E-state index contributed by atoms with van der Waals surface area (Å²) >= 11 is 0. The standard InChI is InChI=1S/C10H10F2/c1-3-4-8-6-5-7(2)9(11)10(8)12/h3,5-6H,1,4H2,2H3. The lowest BCUT2D eigenvalue weighted by atomic mass is 10.1. The molecule has 0 N–H and O–H groups in total. The van der Waals surface area contributed by atoms with Gasteiger partial charge < -0.3 is 0 Å². The van der Waals surface area contributed by atoms with Gasteiger partial charge in [-0.2, -0.15) is 0 Å². The first kappa shape index (κ1) is 8.91. The van der Waals surface area contributed by atoms with Crippen molar-refractivity contribution >= 4 is 0 Å². The molecule has 12 heavy (non-hydrogen) atoms. The fraction of sp³-hybridized carbons (Fsp3) is 0.200. The molecule has 0 fully saturated rings. The molecule has 0 bridgehead atoms. The van der Waals surface area contributed by atoms with Crippen molar-refractivity contribution in [2.24, 2.45) is 0 Å². The van der Waals surface area contributed by atoms with Crippen molar-refractivity contribution in [1.29, 1.82) is 0 Å². The molecule has 0 aliphatic rings. The molecule has 0 radical (unpaired) electrons. The zero-order valence-corrected chi connectivity index (χ0v) is 6.90. The van der Waals surface area contributed by atoms with E-state index in [2.05, 4.69) is 6.58 Å². The third-order valence-electron chi connectivity index (χ3n) is 1.72. The Morgan fingerprint density at radius 2 is 2.00 bits per heavy atom. The van der Waals surface area contributed by atoms with E-state index in [4.69, 9.17) is 0 Å². The van der Waals surface area contributed by atoms with Crippen LogP contribution in [0.4, 0.5) is 8.78 Å². The second-order valence-corrected chi connectivity index (χ2v) is 2.66. The first-order valence-electron chi connectivity index (χ1n) is 3.71. The minimum atomic E-state index is -0.755. The average molecular weight is 168 g/mol. The van der Waals surface area contributed by atoms with E-state index in [-0.39, 0.29) is 0 Å². The van der Waals surface area contributed by atoms with Crippen LogP contribution in [-0.4, -0.2) is 0 Å². The number of hydrogen-bond donors (Lipinski definition) is 0. The van der Waals surface area contributed by atoms with Crippen molar-refractivity contribution in [3.63, 3.8) is 0 Å². The average Bonchev–Trinajstić information content (AvgIpc) is 2.07. The van der Waals surface area contributed by atoms with Crippen LogP contribution in [0.15, 0.2) is 24.8 Å². The quantitative estimate of drug-likeness (QED) is 0.595. The van der Waals surface area contributed by atoms with E-state index < -0.39 is 11.6 Å². The van der Waals surface area contributed by atoms with Gasteiger partial charge in [0.2, 0.25) is 0 Å². The van der Waals surface area contributed by atoms with Crippen molar-refractivity contribution in [2.75, 3.05) is 0 Å². The van der Waals surface area contributed by atoms with Crippen molar-refractivity contribution in [2.45, 2.75) is 13.3 Å². The topological polar surface area (TPSA) is 0 Å². The van der Waals surface area contributed by atoms with Gasteiger partial charge >= 0.3 is 0 Å². The maximum absolute atomic E-state index is 13.0. The third kappa shape index (κ3) is 1.52. The molecule has 64 valence electrons. The van der Waals surface area contributed by atoms with E-state index >= 15 is 0 Å². The Morgan fingerprint density at radius 3 is 2.58 bits per heavy atom. The largest absolute Gasteiger partial charge is 0.203 e. The molecule has 0 unspecified atom stereocenters. The summed E-state index contributed by atoms with van der Waals surface area (Å²) in [5.41, 5.74) is 0.688. The van der Waals surface area contributed by atoms with Gasteiger partial charge in [0, 0.05) is 0 Å². The van der Waals surface area contributed by atoms with Crippen molar-refractivity contribution in [3.05, 3.63) is 47.5 Å². The van der Waals surface area contributed by atoms with Gasteiger partial charge in [-0.1, -0.05) is 18.2 Å². The highest BCUT2D eigenvalue weighted by atomic mass is 19.2. The molecule has 0 amide bonds. The minimum absolute atomic E-state index is 0.334. The zero-order chi connectivity index (χ0) is 9.14. The van der Waals surface area contributed by atoms with E-state index in [1.54, 1.807) is 18.2 Å². The molecule has 1 aromatic carbocycles. The van der Waals surface area contributed by atoms with Crippen LogP contribution < -0.4 is 0 Å². The van der Waals surface area contributed by atoms with Crippen LogP contribution in [0.25, 0.3) is 0 Å². The first-order valence-corrected chi connectivity index (χ1v) is 3.71. The van der Waals surface area contributed by atoms with Crippen LogP contribution in [0.1, 0.15) is 11.1 Å². The molecule has 0 atom stereocenters. The summed E-state index contributed by atoms with van der Waals surface area (Å²) in [4.78, 5) is 0. The number of allylic oxidation sites excluding steroid dienone is 1. The number of benzene rings is 1. The van der Waals surface area contributed by atoms with Crippen molar-refractivity contribution < 1.29 is 8.78 Å². The molecule has 1 aromatic rings. The zero-order valence-electron chi connectivity index (χ0n) is 6.90. The lowest BCUT2D eigenvalue weighted by Crippen LogP contribution is -1.95. The maximum atomic E-state index is 13.0. The van der Waals surface area contributed by atoms with E-state index in [9.17, 15) is 8.78 Å². The van der Waals surface area contributed by atoms with Crippen LogP contribution >= 0.6 is 0 Å². The van der Waals surface area contributed by atoms with Gasteiger partial charge in [0.15, 0.2) is 11.6 Å². The number of halogens is 2. The van der Waals surface area contributed by atoms with E-state index in [1.165, 1.54) is 6.92 Å². The second kappa shape index (κ2) is 3.48.